The molecular weight excluding hydrogens is 498 g/mol. The van der Waals surface area contributed by atoms with Gasteiger partial charge in [0.15, 0.2) is 18.0 Å². The molecule has 0 heterocycles. The zero-order chi connectivity index (χ0) is 23.2. The zero-order valence-electron chi connectivity index (χ0n) is 16.2. The van der Waals surface area contributed by atoms with Crippen molar-refractivity contribution in [3.8, 4) is 11.5 Å². The molecule has 0 radical (unpaired) electrons. The monoisotopic (exact) mass is 516 g/mol. The average Bonchev–Trinajstić information content (AvgIpc) is 2.68. The molecule has 1 atom stereocenters. The highest BCUT2D eigenvalue weighted by molar-refractivity contribution is 9.10. The largest absolute Gasteiger partial charge is 0.484 e. The Morgan fingerprint density at radius 1 is 1.32 bits per heavy atom. The first-order chi connectivity index (χ1) is 14.5. The van der Waals surface area contributed by atoms with Crippen molar-refractivity contribution >= 4 is 38.7 Å². The van der Waals surface area contributed by atoms with Crippen molar-refractivity contribution in [2.24, 2.45) is 10.8 Å². The average molecular weight is 517 g/mol. The van der Waals surface area contributed by atoms with Crippen LogP contribution in [-0.2, 0) is 15.1 Å². The first-order valence-electron chi connectivity index (χ1n) is 8.47. The Balaban J connectivity index is 2.25. The van der Waals surface area contributed by atoms with E-state index < -0.39 is 32.5 Å². The molecule has 0 aliphatic heterocycles. The normalized spacial score (nSPS) is 13.0. The summed E-state index contributed by atoms with van der Waals surface area (Å²) >= 11 is 3.20. The lowest BCUT2D eigenvalue weighted by atomic mass is 10.2. The summed E-state index contributed by atoms with van der Waals surface area (Å²) in [4.78, 5) is 15.0. The highest BCUT2D eigenvalue weighted by Gasteiger charge is 2.39. The number of ether oxygens (including phenoxy) is 1. The number of quaternary nitrogens is 1. The number of benzene rings is 2. The molecule has 0 amide bonds. The van der Waals surface area contributed by atoms with Crippen molar-refractivity contribution in [2.45, 2.75) is 11.8 Å². The maximum atomic E-state index is 12.6. The van der Waals surface area contributed by atoms with Crippen LogP contribution in [0.25, 0.3) is 0 Å². The number of hydroxylamine groups is 2. The molecule has 1 unspecified atom stereocenters. The summed E-state index contributed by atoms with van der Waals surface area (Å²) in [5, 5.41) is 20.5. The number of aryl methyl sites for hydroxylation is 1. The van der Waals surface area contributed by atoms with Crippen LogP contribution in [0, 0.1) is 22.4 Å². The Bertz CT molecular complexity index is 1110. The van der Waals surface area contributed by atoms with Crippen molar-refractivity contribution in [2.75, 3.05) is 13.2 Å². The molecule has 12 nitrogen and oxygen atoms in total. The predicted molar refractivity (Wildman–Crippen MR) is 113 cm³/mol. The Hall–Kier alpha value is -3.23. The summed E-state index contributed by atoms with van der Waals surface area (Å²) in [7, 11) is -4.17. The molecule has 0 aliphatic rings. The maximum Gasteiger partial charge on any atom is 0.356 e. The first kappa shape index (κ1) is 24.0. The lowest BCUT2D eigenvalue weighted by Crippen LogP contribution is -2.54. The van der Waals surface area contributed by atoms with E-state index in [4.69, 9.17) is 20.1 Å². The number of nitrogens with zero attached hydrogens (tertiary/aromatic N) is 3. The van der Waals surface area contributed by atoms with Crippen molar-refractivity contribution in [3.63, 3.8) is 0 Å². The summed E-state index contributed by atoms with van der Waals surface area (Å²) in [6, 6.07) is 10.5. The Labute approximate surface area is 186 Å². The molecule has 14 heteroatoms. The summed E-state index contributed by atoms with van der Waals surface area (Å²) < 4.78 is 35.2. The Morgan fingerprint density at radius 2 is 2.03 bits per heavy atom. The summed E-state index contributed by atoms with van der Waals surface area (Å²) in [6.07, 6.45) is 0. The van der Waals surface area contributed by atoms with Crippen molar-refractivity contribution in [1.29, 1.82) is 5.41 Å². The fraction of sp³-hybridized carbons (Fsp3) is 0.176. The van der Waals surface area contributed by atoms with Crippen LogP contribution in [0.4, 0.5) is 0 Å². The van der Waals surface area contributed by atoms with E-state index in [0.717, 1.165) is 5.56 Å². The lowest BCUT2D eigenvalue weighted by molar-refractivity contribution is -1.19. The number of nitrogens with two attached hydrogens (primary N) is 1. The second-order valence-electron chi connectivity index (χ2n) is 6.05. The Morgan fingerprint density at radius 3 is 2.61 bits per heavy atom. The van der Waals surface area contributed by atoms with Crippen LogP contribution in [0.1, 0.15) is 5.56 Å². The van der Waals surface area contributed by atoms with Gasteiger partial charge in [0, 0.05) is 4.47 Å². The van der Waals surface area contributed by atoms with Crippen molar-refractivity contribution in [3.05, 3.63) is 62.6 Å². The van der Waals surface area contributed by atoms with Gasteiger partial charge in [-0.1, -0.05) is 38.1 Å². The minimum absolute atomic E-state index is 0.0467. The van der Waals surface area contributed by atoms with Crippen LogP contribution < -0.4 is 14.7 Å². The van der Waals surface area contributed by atoms with Crippen LogP contribution in [-0.4, -0.2) is 44.1 Å². The Kier molecular flexibility index (Phi) is 7.54. The third kappa shape index (κ3) is 6.13. The number of guanidine groups is 1. The van der Waals surface area contributed by atoms with Gasteiger partial charge in [-0.05, 0) is 42.8 Å². The van der Waals surface area contributed by atoms with Gasteiger partial charge >= 0.3 is 21.2 Å². The van der Waals surface area contributed by atoms with Crippen LogP contribution >= 0.6 is 15.9 Å². The van der Waals surface area contributed by atoms with E-state index in [1.54, 1.807) is 25.1 Å². The molecule has 0 aliphatic carbocycles. The number of halogens is 1. The van der Waals surface area contributed by atoms with Gasteiger partial charge in [0.1, 0.15) is 11.5 Å². The molecule has 2 aromatic carbocycles. The first-order valence-corrected chi connectivity index (χ1v) is 10.7. The molecule has 3 N–H and O–H groups in total. The number of nitrogens with one attached hydrogen (secondary N) is 1. The number of hydrogen-bond acceptors (Lipinski definition) is 9. The third-order valence-corrected chi connectivity index (χ3v) is 5.57. The molecule has 2 rings (SSSR count). The minimum atomic E-state index is -4.17. The third-order valence-electron chi connectivity index (χ3n) is 3.84. The van der Waals surface area contributed by atoms with Crippen LogP contribution in [0.2, 0.25) is 0 Å². The van der Waals surface area contributed by atoms with Gasteiger partial charge in [0.2, 0.25) is 0 Å². The highest BCUT2D eigenvalue weighted by Crippen LogP contribution is 2.31. The second kappa shape index (κ2) is 9.72. The zero-order valence-corrected chi connectivity index (χ0v) is 18.6. The fourth-order valence-corrected chi connectivity index (χ4v) is 3.89. The van der Waals surface area contributed by atoms with E-state index in [0.29, 0.717) is 4.47 Å². The number of hydrogen-bond donors (Lipinski definition) is 2. The molecule has 2 aromatic rings. The van der Waals surface area contributed by atoms with Gasteiger partial charge in [-0.25, -0.2) is 5.41 Å². The summed E-state index contributed by atoms with van der Waals surface area (Å²) in [5.74, 6) is -0.855. The molecule has 0 aromatic heterocycles. The van der Waals surface area contributed by atoms with Crippen molar-refractivity contribution < 1.29 is 32.1 Å². The van der Waals surface area contributed by atoms with E-state index >= 15 is 0 Å². The predicted octanol–water partition coefficient (Wildman–Crippen LogP) is 2.35. The quantitative estimate of drug-likeness (QED) is 0.121. The minimum Gasteiger partial charge on any atom is -0.484 e. The fourth-order valence-electron chi connectivity index (χ4n) is 2.35. The molecule has 0 fully saturated rings. The van der Waals surface area contributed by atoms with E-state index in [-0.39, 0.29) is 23.0 Å². The lowest BCUT2D eigenvalue weighted by Gasteiger charge is -2.22. The second-order valence-corrected chi connectivity index (χ2v) is 8.51. The van der Waals surface area contributed by atoms with Gasteiger partial charge in [0.25, 0.3) is 0 Å². The topological polar surface area (TPSA) is 167 Å². The summed E-state index contributed by atoms with van der Waals surface area (Å²) in [5.41, 5.74) is 6.09. The SMILES string of the molecule is C=N[N+](CCOc1cc(C)ccc1OS(=O)(=O)c1cccc(Br)c1)(O[N+](=O)[O-])C(=N)N. The molecule has 166 valence electrons. The van der Waals surface area contributed by atoms with Gasteiger partial charge in [-0.3, -0.25) is 0 Å². The van der Waals surface area contributed by atoms with E-state index in [9.17, 15) is 18.5 Å². The van der Waals surface area contributed by atoms with E-state index in [1.807, 2.05) is 0 Å². The van der Waals surface area contributed by atoms with Crippen LogP contribution in [0.3, 0.4) is 0 Å². The van der Waals surface area contributed by atoms with Gasteiger partial charge in [-0.15, -0.1) is 10.1 Å². The highest BCUT2D eigenvalue weighted by atomic mass is 79.9. The van der Waals surface area contributed by atoms with Crippen LogP contribution in [0.15, 0.2) is 56.9 Å². The van der Waals surface area contributed by atoms with Crippen molar-refractivity contribution in [1.82, 2.24) is 0 Å². The van der Waals surface area contributed by atoms with E-state index in [2.05, 4.69) is 32.7 Å². The molecule has 0 saturated carbocycles. The maximum absolute atomic E-state index is 12.6. The van der Waals surface area contributed by atoms with Crippen LogP contribution in [0.5, 0.6) is 11.5 Å². The smallest absolute Gasteiger partial charge is 0.356 e. The van der Waals surface area contributed by atoms with Gasteiger partial charge in [0.05, 0.1) is 11.5 Å². The molecule has 0 spiro atoms. The summed E-state index contributed by atoms with van der Waals surface area (Å²) in [6.45, 7) is 4.21. The molecule has 0 saturated heterocycles. The molecule has 0 bridgehead atoms. The van der Waals surface area contributed by atoms with Gasteiger partial charge in [-0.2, -0.15) is 8.42 Å². The number of rotatable bonds is 10. The standard InChI is InChI=1S/C17H19BrN5O7S/c1-12-6-7-15(29-31(26,27)14-5-3-4-13(18)11-14)16(10-12)28-9-8-23(21-2,17(19)20)30-22(24)25/h3-7,10-11H,2,8-9H2,1H3,(H3,19,20)/q+1. The molecular formula is C17H19BrN5O7S+. The van der Waals surface area contributed by atoms with Gasteiger partial charge < -0.3 is 14.7 Å². The molecule has 31 heavy (non-hydrogen) atoms. The van der Waals surface area contributed by atoms with E-state index in [1.165, 1.54) is 24.3 Å².